The second-order valence-electron chi connectivity index (χ2n) is 7.39. The van der Waals surface area contributed by atoms with Gasteiger partial charge < -0.3 is 15.4 Å². The van der Waals surface area contributed by atoms with E-state index in [1.54, 1.807) is 25.3 Å². The van der Waals surface area contributed by atoms with E-state index in [-0.39, 0.29) is 23.3 Å². The number of rotatable bonds is 9. The van der Waals surface area contributed by atoms with Crippen LogP contribution < -0.4 is 15.4 Å². The molecule has 182 valence electrons. The van der Waals surface area contributed by atoms with Crippen LogP contribution in [-0.4, -0.2) is 34.6 Å². The average Bonchev–Trinajstić information content (AvgIpc) is 3.36. The number of hydrogen-bond acceptors (Lipinski definition) is 8. The number of ether oxygens (including phenoxy) is 1. The van der Waals surface area contributed by atoms with Crippen molar-refractivity contribution in [3.63, 3.8) is 0 Å². The lowest BCUT2D eigenvalue weighted by Crippen LogP contribution is -2.14. The van der Waals surface area contributed by atoms with Gasteiger partial charge in [-0.05, 0) is 42.5 Å². The number of methoxy groups -OCH3 is 1. The number of nitrogens with one attached hydrogen (secondary N) is 2. The third kappa shape index (κ3) is 6.46. The fourth-order valence-corrected chi connectivity index (χ4v) is 4.64. The molecule has 2 N–H and O–H groups in total. The topological polar surface area (TPSA) is 123 Å². The molecule has 9 nitrogen and oxygen atoms in total. The predicted octanol–water partition coefficient (Wildman–Crippen LogP) is 5.71. The van der Waals surface area contributed by atoms with Crippen molar-refractivity contribution in [2.45, 2.75) is 4.90 Å². The summed E-state index contributed by atoms with van der Waals surface area (Å²) < 4.78 is 5.24. The Morgan fingerprint density at radius 2 is 1.83 bits per heavy atom. The molecule has 0 bridgehead atoms. The van der Waals surface area contributed by atoms with E-state index in [2.05, 4.69) is 15.6 Å². The highest BCUT2D eigenvalue weighted by molar-refractivity contribution is 8.00. The second kappa shape index (κ2) is 11.5. The first-order chi connectivity index (χ1) is 17.4. The van der Waals surface area contributed by atoms with E-state index in [0.717, 1.165) is 21.9 Å². The Bertz CT molecular complexity index is 1410. The molecule has 0 atom stereocenters. The average molecular weight is 521 g/mol. The Morgan fingerprint density at radius 3 is 2.58 bits per heavy atom. The number of thioether (sulfide) groups is 1. The molecule has 0 saturated carbocycles. The summed E-state index contributed by atoms with van der Waals surface area (Å²) in [5.74, 6) is 0.300. The van der Waals surface area contributed by atoms with Crippen LogP contribution in [0.4, 0.5) is 16.5 Å². The van der Waals surface area contributed by atoms with Gasteiger partial charge in [0.2, 0.25) is 5.91 Å². The van der Waals surface area contributed by atoms with Crippen molar-refractivity contribution in [3.8, 4) is 17.0 Å². The molecule has 0 radical (unpaired) electrons. The van der Waals surface area contributed by atoms with Gasteiger partial charge in [0.15, 0.2) is 5.13 Å². The van der Waals surface area contributed by atoms with E-state index in [4.69, 9.17) is 4.74 Å². The number of carbonyl (C=O) groups excluding carboxylic acids is 2. The normalized spacial score (nSPS) is 10.5. The molecule has 4 rings (SSSR count). The second-order valence-corrected chi connectivity index (χ2v) is 9.30. The highest BCUT2D eigenvalue weighted by atomic mass is 32.2. The molecule has 0 saturated heterocycles. The summed E-state index contributed by atoms with van der Waals surface area (Å²) in [6.07, 6.45) is 0. The minimum Gasteiger partial charge on any atom is -0.497 e. The zero-order valence-electron chi connectivity index (χ0n) is 19.0. The molecule has 0 aliphatic carbocycles. The standard InChI is InChI=1S/C25H20N4O5S2/c1-34-20-6-2-4-17(12-20)22-14-36-25(27-22)28-23(30)15-35-21-7-3-5-18(13-21)26-24(31)16-8-10-19(11-9-16)29(32)33/h2-14H,15H2,1H3,(H,26,31)(H,27,28,30). The number of carbonyl (C=O) groups is 2. The number of anilines is 2. The fraction of sp³-hybridized carbons (Fsp3) is 0.0800. The lowest BCUT2D eigenvalue weighted by molar-refractivity contribution is -0.384. The van der Waals surface area contributed by atoms with Crippen molar-refractivity contribution < 1.29 is 19.2 Å². The monoisotopic (exact) mass is 520 g/mol. The van der Waals surface area contributed by atoms with Gasteiger partial charge in [-0.3, -0.25) is 19.7 Å². The van der Waals surface area contributed by atoms with Crippen LogP contribution in [0.25, 0.3) is 11.3 Å². The molecule has 11 heteroatoms. The minimum atomic E-state index is -0.521. The number of nitrogens with zero attached hydrogens (tertiary/aromatic N) is 2. The minimum absolute atomic E-state index is 0.0857. The largest absolute Gasteiger partial charge is 0.497 e. The van der Waals surface area contributed by atoms with Crippen LogP contribution in [-0.2, 0) is 4.79 Å². The van der Waals surface area contributed by atoms with Gasteiger partial charge in [-0.1, -0.05) is 18.2 Å². The lowest BCUT2D eigenvalue weighted by atomic mass is 10.2. The molecule has 0 spiro atoms. The summed E-state index contributed by atoms with van der Waals surface area (Å²) in [5, 5.41) is 18.7. The number of hydrogen-bond donors (Lipinski definition) is 2. The predicted molar refractivity (Wildman–Crippen MR) is 141 cm³/mol. The molecule has 1 heterocycles. The van der Waals surface area contributed by atoms with Crippen molar-refractivity contribution in [1.29, 1.82) is 0 Å². The van der Waals surface area contributed by atoms with Crippen LogP contribution in [0.3, 0.4) is 0 Å². The van der Waals surface area contributed by atoms with Crippen molar-refractivity contribution in [2.24, 2.45) is 0 Å². The number of nitro benzene ring substituents is 1. The SMILES string of the molecule is COc1cccc(-c2csc(NC(=O)CSc3cccc(NC(=O)c4ccc([N+](=O)[O-])cc4)c3)n2)c1. The van der Waals surface area contributed by atoms with Gasteiger partial charge in [0.1, 0.15) is 5.75 Å². The Balaban J connectivity index is 1.31. The van der Waals surface area contributed by atoms with Gasteiger partial charge in [0.25, 0.3) is 11.6 Å². The first-order valence-electron chi connectivity index (χ1n) is 10.6. The Labute approximate surface area is 214 Å². The van der Waals surface area contributed by atoms with Gasteiger partial charge in [-0.25, -0.2) is 4.98 Å². The maximum Gasteiger partial charge on any atom is 0.269 e. The maximum absolute atomic E-state index is 12.5. The number of thiazole rings is 1. The van der Waals surface area contributed by atoms with Crippen LogP contribution in [0.2, 0.25) is 0 Å². The molecule has 0 aliphatic heterocycles. The molecule has 3 aromatic carbocycles. The third-order valence-corrected chi connectivity index (χ3v) is 6.67. The van der Waals surface area contributed by atoms with E-state index >= 15 is 0 Å². The number of benzene rings is 3. The van der Waals surface area contributed by atoms with Crippen molar-refractivity contribution >= 4 is 51.4 Å². The van der Waals surface area contributed by atoms with Crippen molar-refractivity contribution in [2.75, 3.05) is 23.5 Å². The van der Waals surface area contributed by atoms with E-state index in [1.165, 1.54) is 47.4 Å². The molecular formula is C25H20N4O5S2. The van der Waals surface area contributed by atoms with Crippen molar-refractivity contribution in [1.82, 2.24) is 4.98 Å². The van der Waals surface area contributed by atoms with Gasteiger partial charge >= 0.3 is 0 Å². The van der Waals surface area contributed by atoms with E-state index in [0.29, 0.717) is 16.4 Å². The molecule has 36 heavy (non-hydrogen) atoms. The Hall–Kier alpha value is -4.22. The molecule has 4 aromatic rings. The number of aromatic nitrogens is 1. The van der Waals surface area contributed by atoms with Crippen LogP contribution in [0, 0.1) is 10.1 Å². The summed E-state index contributed by atoms with van der Waals surface area (Å²) >= 11 is 2.66. The van der Waals surface area contributed by atoms with Crippen LogP contribution in [0.5, 0.6) is 5.75 Å². The van der Waals surface area contributed by atoms with Gasteiger partial charge in [-0.15, -0.1) is 23.1 Å². The number of non-ortho nitro benzene ring substituents is 1. The fourth-order valence-electron chi connectivity index (χ4n) is 3.15. The summed E-state index contributed by atoms with van der Waals surface area (Å²) in [6.45, 7) is 0. The van der Waals surface area contributed by atoms with Gasteiger partial charge in [-0.2, -0.15) is 0 Å². The zero-order chi connectivity index (χ0) is 25.5. The summed E-state index contributed by atoms with van der Waals surface area (Å²) in [5.41, 5.74) is 2.41. The molecule has 2 amide bonds. The summed E-state index contributed by atoms with van der Waals surface area (Å²) in [6, 6.07) is 20.0. The van der Waals surface area contributed by atoms with Crippen molar-refractivity contribution in [3.05, 3.63) is 93.9 Å². The van der Waals surface area contributed by atoms with E-state index in [9.17, 15) is 19.7 Å². The first-order valence-corrected chi connectivity index (χ1v) is 12.5. The van der Waals surface area contributed by atoms with Gasteiger partial charge in [0.05, 0.1) is 23.5 Å². The maximum atomic E-state index is 12.5. The van der Waals surface area contributed by atoms with Crippen LogP contribution in [0.1, 0.15) is 10.4 Å². The van der Waals surface area contributed by atoms with Crippen LogP contribution in [0.15, 0.2) is 83.1 Å². The van der Waals surface area contributed by atoms with E-state index < -0.39 is 4.92 Å². The Morgan fingerprint density at radius 1 is 1.06 bits per heavy atom. The third-order valence-electron chi connectivity index (χ3n) is 4.92. The Kier molecular flexibility index (Phi) is 7.93. The number of amides is 2. The van der Waals surface area contributed by atoms with Gasteiger partial charge in [0, 0.05) is 39.2 Å². The summed E-state index contributed by atoms with van der Waals surface area (Å²) in [7, 11) is 1.60. The first kappa shape index (κ1) is 24.9. The molecular weight excluding hydrogens is 500 g/mol. The van der Waals surface area contributed by atoms with Crippen LogP contribution >= 0.6 is 23.1 Å². The number of nitro groups is 1. The lowest BCUT2D eigenvalue weighted by Gasteiger charge is -2.08. The molecule has 0 aliphatic rings. The molecule has 1 aromatic heterocycles. The molecule has 0 unspecified atom stereocenters. The smallest absolute Gasteiger partial charge is 0.269 e. The van der Waals surface area contributed by atoms with E-state index in [1.807, 2.05) is 35.7 Å². The summed E-state index contributed by atoms with van der Waals surface area (Å²) in [4.78, 5) is 40.4. The zero-order valence-corrected chi connectivity index (χ0v) is 20.6. The molecule has 0 fully saturated rings. The highest BCUT2D eigenvalue weighted by Gasteiger charge is 2.12. The highest BCUT2D eigenvalue weighted by Crippen LogP contribution is 2.28. The quantitative estimate of drug-likeness (QED) is 0.165.